The van der Waals surface area contributed by atoms with Gasteiger partial charge in [0.25, 0.3) is 0 Å². The van der Waals surface area contributed by atoms with E-state index in [0.29, 0.717) is 6.79 Å². The van der Waals surface area contributed by atoms with Crippen LogP contribution in [0.15, 0.2) is 0 Å². The van der Waals surface area contributed by atoms with Crippen molar-refractivity contribution in [1.29, 1.82) is 0 Å². The molecule has 11 heavy (non-hydrogen) atoms. The van der Waals surface area contributed by atoms with Crippen LogP contribution >= 0.6 is 0 Å². The maximum absolute atomic E-state index is 5.25. The van der Waals surface area contributed by atoms with E-state index in [1.54, 1.807) is 0 Å². The Morgan fingerprint density at radius 1 is 1.36 bits per heavy atom. The highest BCUT2D eigenvalue weighted by atomic mass is 16.7. The van der Waals surface area contributed by atoms with Crippen molar-refractivity contribution in [2.75, 3.05) is 33.6 Å². The molecule has 0 spiro atoms. The van der Waals surface area contributed by atoms with Crippen molar-refractivity contribution in [3.8, 4) is 0 Å². The van der Waals surface area contributed by atoms with Crippen LogP contribution in [0.4, 0.5) is 0 Å². The first-order valence-electron chi connectivity index (χ1n) is 4.23. The molecule has 1 rings (SSSR count). The lowest BCUT2D eigenvalue weighted by Crippen LogP contribution is -2.15. The van der Waals surface area contributed by atoms with Crippen molar-refractivity contribution in [2.45, 2.75) is 12.8 Å². The third-order valence-corrected chi connectivity index (χ3v) is 1.71. The summed E-state index contributed by atoms with van der Waals surface area (Å²) in [5.41, 5.74) is 0. The maximum Gasteiger partial charge on any atom is 0.146 e. The summed E-state index contributed by atoms with van der Waals surface area (Å²) in [5.74, 6) is 0.836. The summed E-state index contributed by atoms with van der Waals surface area (Å²) in [6.45, 7) is 2.98. The second-order valence-corrected chi connectivity index (χ2v) is 2.94. The first-order chi connectivity index (χ1) is 5.43. The minimum absolute atomic E-state index is 0.457. The van der Waals surface area contributed by atoms with Crippen molar-refractivity contribution in [3.05, 3.63) is 0 Å². The lowest BCUT2D eigenvalue weighted by atomic mass is 10.5. The first-order valence-corrected chi connectivity index (χ1v) is 4.23. The van der Waals surface area contributed by atoms with Crippen molar-refractivity contribution in [3.63, 3.8) is 0 Å². The zero-order chi connectivity index (χ0) is 7.94. The van der Waals surface area contributed by atoms with Gasteiger partial charge in [0.05, 0.1) is 13.2 Å². The van der Waals surface area contributed by atoms with Crippen LogP contribution in [-0.4, -0.2) is 33.6 Å². The highest BCUT2D eigenvalue weighted by Gasteiger charge is 2.20. The van der Waals surface area contributed by atoms with Gasteiger partial charge in [0.15, 0.2) is 0 Å². The highest BCUT2D eigenvalue weighted by molar-refractivity contribution is 4.71. The molecular weight excluding hydrogens is 142 g/mol. The van der Waals surface area contributed by atoms with Gasteiger partial charge in [-0.1, -0.05) is 0 Å². The van der Waals surface area contributed by atoms with Gasteiger partial charge in [-0.25, -0.2) is 0 Å². The molecule has 1 aliphatic rings. The van der Waals surface area contributed by atoms with Crippen LogP contribution in [0.25, 0.3) is 0 Å². The van der Waals surface area contributed by atoms with Gasteiger partial charge in [0.1, 0.15) is 6.79 Å². The van der Waals surface area contributed by atoms with Crippen molar-refractivity contribution < 1.29 is 9.47 Å². The lowest BCUT2D eigenvalue weighted by Gasteiger charge is -2.03. The third-order valence-electron chi connectivity index (χ3n) is 1.71. The largest absolute Gasteiger partial charge is 0.355 e. The fourth-order valence-corrected chi connectivity index (χ4v) is 0.791. The van der Waals surface area contributed by atoms with E-state index in [1.807, 2.05) is 7.05 Å². The summed E-state index contributed by atoms with van der Waals surface area (Å²) in [5, 5.41) is 3.00. The average Bonchev–Trinajstić information content (AvgIpc) is 2.80. The molecule has 66 valence electrons. The maximum atomic E-state index is 5.25. The molecule has 1 aliphatic carbocycles. The number of rotatable bonds is 7. The van der Waals surface area contributed by atoms with E-state index in [-0.39, 0.29) is 0 Å². The fraction of sp³-hybridized carbons (Fsp3) is 1.00. The summed E-state index contributed by atoms with van der Waals surface area (Å²) >= 11 is 0. The topological polar surface area (TPSA) is 30.5 Å². The van der Waals surface area contributed by atoms with E-state index in [9.17, 15) is 0 Å². The molecule has 0 aromatic heterocycles. The van der Waals surface area contributed by atoms with E-state index in [4.69, 9.17) is 9.47 Å². The van der Waals surface area contributed by atoms with Gasteiger partial charge in [-0.3, -0.25) is 0 Å². The molecule has 1 N–H and O–H groups in total. The van der Waals surface area contributed by atoms with Gasteiger partial charge in [0.2, 0.25) is 0 Å². The van der Waals surface area contributed by atoms with Crippen LogP contribution in [0, 0.1) is 5.92 Å². The zero-order valence-electron chi connectivity index (χ0n) is 7.14. The van der Waals surface area contributed by atoms with Crippen LogP contribution in [-0.2, 0) is 9.47 Å². The van der Waals surface area contributed by atoms with Crippen LogP contribution in [0.5, 0.6) is 0 Å². The molecule has 0 radical (unpaired) electrons. The van der Waals surface area contributed by atoms with Crippen LogP contribution < -0.4 is 5.32 Å². The quantitative estimate of drug-likeness (QED) is 0.436. The van der Waals surface area contributed by atoms with Crippen LogP contribution in [0.1, 0.15) is 12.8 Å². The standard InChI is InChI=1S/C8H17NO2/c1-9-4-5-10-7-11-6-8-2-3-8/h8-9H,2-7H2,1H3. The predicted octanol–water partition coefficient (Wildman–Crippen LogP) is 0.606. The minimum Gasteiger partial charge on any atom is -0.355 e. The van der Waals surface area contributed by atoms with Crippen LogP contribution in [0.3, 0.4) is 0 Å². The number of hydrogen-bond acceptors (Lipinski definition) is 3. The smallest absolute Gasteiger partial charge is 0.146 e. The zero-order valence-corrected chi connectivity index (χ0v) is 7.14. The van der Waals surface area contributed by atoms with Gasteiger partial charge in [-0.05, 0) is 25.8 Å². The molecule has 0 bridgehead atoms. The summed E-state index contributed by atoms with van der Waals surface area (Å²) < 4.78 is 10.4. The predicted molar refractivity (Wildman–Crippen MR) is 43.4 cm³/mol. The Morgan fingerprint density at radius 3 is 2.82 bits per heavy atom. The fourth-order valence-electron chi connectivity index (χ4n) is 0.791. The molecule has 0 heterocycles. The molecule has 0 aromatic carbocycles. The van der Waals surface area contributed by atoms with E-state index in [2.05, 4.69) is 5.32 Å². The highest BCUT2D eigenvalue weighted by Crippen LogP contribution is 2.28. The Labute approximate surface area is 68.1 Å². The van der Waals surface area contributed by atoms with E-state index in [0.717, 1.165) is 25.7 Å². The molecule has 3 heteroatoms. The average molecular weight is 159 g/mol. The van der Waals surface area contributed by atoms with Gasteiger partial charge in [-0.15, -0.1) is 0 Å². The van der Waals surface area contributed by atoms with Crippen molar-refractivity contribution >= 4 is 0 Å². The lowest BCUT2D eigenvalue weighted by molar-refractivity contribution is -0.0555. The number of hydrogen-bond donors (Lipinski definition) is 1. The Morgan fingerprint density at radius 2 is 2.18 bits per heavy atom. The molecule has 0 aromatic rings. The summed E-state index contributed by atoms with van der Waals surface area (Å²) in [6.07, 6.45) is 2.69. The van der Waals surface area contributed by atoms with Crippen molar-refractivity contribution in [1.82, 2.24) is 5.32 Å². The van der Waals surface area contributed by atoms with Gasteiger partial charge in [-0.2, -0.15) is 0 Å². The Hall–Kier alpha value is -0.120. The van der Waals surface area contributed by atoms with Gasteiger partial charge < -0.3 is 14.8 Å². The molecule has 0 aliphatic heterocycles. The number of likely N-dealkylation sites (N-methyl/N-ethyl adjacent to an activating group) is 1. The van der Waals surface area contributed by atoms with E-state index < -0.39 is 0 Å². The number of nitrogens with one attached hydrogen (secondary N) is 1. The molecule has 0 unspecified atom stereocenters. The van der Waals surface area contributed by atoms with E-state index in [1.165, 1.54) is 12.8 Å². The second-order valence-electron chi connectivity index (χ2n) is 2.94. The molecule has 1 saturated carbocycles. The number of ether oxygens (including phenoxy) is 2. The van der Waals surface area contributed by atoms with Gasteiger partial charge in [0, 0.05) is 6.54 Å². The normalized spacial score (nSPS) is 17.2. The molecule has 1 fully saturated rings. The molecule has 0 atom stereocenters. The third kappa shape index (κ3) is 5.18. The monoisotopic (exact) mass is 159 g/mol. The Kier molecular flexibility index (Phi) is 4.50. The molecule has 0 saturated heterocycles. The van der Waals surface area contributed by atoms with Gasteiger partial charge >= 0.3 is 0 Å². The summed E-state index contributed by atoms with van der Waals surface area (Å²) in [7, 11) is 1.91. The Bertz CT molecular complexity index is 94.1. The first kappa shape index (κ1) is 8.97. The minimum atomic E-state index is 0.457. The summed E-state index contributed by atoms with van der Waals surface area (Å²) in [6, 6.07) is 0. The molecule has 3 nitrogen and oxygen atoms in total. The van der Waals surface area contributed by atoms with Crippen LogP contribution in [0.2, 0.25) is 0 Å². The molecular formula is C8H17NO2. The Balaban J connectivity index is 1.66. The van der Waals surface area contributed by atoms with Crippen molar-refractivity contribution in [2.24, 2.45) is 5.92 Å². The second kappa shape index (κ2) is 5.52. The molecule has 0 amide bonds. The SMILES string of the molecule is CNCCOCOCC1CC1. The summed E-state index contributed by atoms with van der Waals surface area (Å²) in [4.78, 5) is 0. The van der Waals surface area contributed by atoms with E-state index >= 15 is 0 Å².